The second-order valence-electron chi connectivity index (χ2n) is 8.66. The van der Waals surface area contributed by atoms with Crippen molar-refractivity contribution in [1.82, 2.24) is 4.40 Å². The number of aryl methyl sites for hydroxylation is 1. The van der Waals surface area contributed by atoms with Gasteiger partial charge in [-0.25, -0.2) is 0 Å². The molecular weight excluding hydrogens is 349 g/mol. The van der Waals surface area contributed by atoms with Crippen molar-refractivity contribution < 1.29 is 9.31 Å². The number of rotatable bonds is 2. The minimum atomic E-state index is -0.448. The molecule has 4 rings (SSSR count). The predicted octanol–water partition coefficient (Wildman–Crippen LogP) is 3.88. The van der Waals surface area contributed by atoms with Crippen molar-refractivity contribution in [1.29, 1.82) is 0 Å². The zero-order valence-corrected chi connectivity index (χ0v) is 17.4. The maximum atomic E-state index is 13.1. The van der Waals surface area contributed by atoms with Crippen LogP contribution in [0, 0.1) is 13.8 Å². The summed E-state index contributed by atoms with van der Waals surface area (Å²) in [4.78, 5) is 13.1. The van der Waals surface area contributed by atoms with Gasteiger partial charge in [0.1, 0.15) is 0 Å². The molecule has 28 heavy (non-hydrogen) atoms. The van der Waals surface area contributed by atoms with Gasteiger partial charge in [-0.15, -0.1) is 0 Å². The zero-order valence-electron chi connectivity index (χ0n) is 17.4. The molecule has 3 aromatic rings. The van der Waals surface area contributed by atoms with E-state index in [0.29, 0.717) is 5.56 Å². The average molecular weight is 375 g/mol. The molecule has 4 nitrogen and oxygen atoms in total. The molecule has 0 aliphatic carbocycles. The topological polar surface area (TPSA) is 39.9 Å². The molecule has 1 saturated heterocycles. The van der Waals surface area contributed by atoms with Gasteiger partial charge >= 0.3 is 7.12 Å². The van der Waals surface area contributed by atoms with Gasteiger partial charge in [-0.3, -0.25) is 9.20 Å². The van der Waals surface area contributed by atoms with Gasteiger partial charge < -0.3 is 9.31 Å². The number of pyridine rings is 2. The average Bonchev–Trinajstić information content (AvgIpc) is 2.83. The Morgan fingerprint density at radius 3 is 2.25 bits per heavy atom. The fourth-order valence-electron chi connectivity index (χ4n) is 3.69. The number of fused-ring (bicyclic) bond motifs is 1. The molecule has 0 bridgehead atoms. The van der Waals surface area contributed by atoms with Gasteiger partial charge in [0, 0.05) is 17.3 Å². The Morgan fingerprint density at radius 2 is 1.57 bits per heavy atom. The molecule has 1 aliphatic rings. The van der Waals surface area contributed by atoms with Gasteiger partial charge in [-0.05, 0) is 88.0 Å². The van der Waals surface area contributed by atoms with Crippen molar-refractivity contribution in [3.63, 3.8) is 0 Å². The van der Waals surface area contributed by atoms with Gasteiger partial charge in [-0.2, -0.15) is 0 Å². The highest BCUT2D eigenvalue weighted by molar-refractivity contribution is 6.62. The van der Waals surface area contributed by atoms with E-state index < -0.39 is 18.3 Å². The van der Waals surface area contributed by atoms with Crippen LogP contribution in [-0.4, -0.2) is 22.7 Å². The highest BCUT2D eigenvalue weighted by Crippen LogP contribution is 2.37. The fraction of sp³-hybridized carbons (Fsp3) is 0.348. The molecule has 1 fully saturated rings. The van der Waals surface area contributed by atoms with Crippen molar-refractivity contribution in [2.24, 2.45) is 0 Å². The molecule has 0 radical (unpaired) electrons. The summed E-state index contributed by atoms with van der Waals surface area (Å²) in [5.74, 6) is 0. The van der Waals surface area contributed by atoms with Crippen LogP contribution in [0.1, 0.15) is 38.8 Å². The maximum Gasteiger partial charge on any atom is 0.495 e. The quantitative estimate of drug-likeness (QED) is 0.639. The van der Waals surface area contributed by atoms with Crippen LogP contribution < -0.4 is 11.0 Å². The summed E-state index contributed by atoms with van der Waals surface area (Å²) >= 11 is 0. The van der Waals surface area contributed by atoms with Gasteiger partial charge in [0.2, 0.25) is 0 Å². The zero-order chi connectivity index (χ0) is 20.3. The van der Waals surface area contributed by atoms with E-state index >= 15 is 0 Å². The molecule has 3 heterocycles. The van der Waals surface area contributed by atoms with Crippen LogP contribution in [0.3, 0.4) is 0 Å². The van der Waals surface area contributed by atoms with Crippen molar-refractivity contribution in [3.8, 4) is 11.1 Å². The third-order valence-corrected chi connectivity index (χ3v) is 6.18. The summed E-state index contributed by atoms with van der Waals surface area (Å²) < 4.78 is 14.2. The van der Waals surface area contributed by atoms with Gasteiger partial charge in [0.15, 0.2) is 0 Å². The van der Waals surface area contributed by atoms with Crippen LogP contribution in [0.2, 0.25) is 0 Å². The third-order valence-electron chi connectivity index (χ3n) is 6.18. The summed E-state index contributed by atoms with van der Waals surface area (Å²) in [5, 5.41) is 0. The Labute approximate surface area is 166 Å². The first-order valence-electron chi connectivity index (χ1n) is 9.68. The Hall–Kier alpha value is -2.37. The van der Waals surface area contributed by atoms with Gasteiger partial charge in [0.05, 0.1) is 11.2 Å². The van der Waals surface area contributed by atoms with Crippen molar-refractivity contribution >= 4 is 18.1 Å². The lowest BCUT2D eigenvalue weighted by atomic mass is 9.74. The van der Waals surface area contributed by atoms with Crippen LogP contribution >= 0.6 is 0 Å². The Morgan fingerprint density at radius 1 is 0.893 bits per heavy atom. The normalized spacial score (nSPS) is 18.0. The SMILES string of the molecule is Cc1ccn2c(=O)c(-c3cccc(B4OC(C)(C)C(C)(C)O4)c3C)ccc2c1. The van der Waals surface area contributed by atoms with Crippen LogP contribution in [0.15, 0.2) is 53.5 Å². The number of hydrogen-bond acceptors (Lipinski definition) is 3. The highest BCUT2D eigenvalue weighted by Gasteiger charge is 2.52. The van der Waals surface area contributed by atoms with E-state index in [-0.39, 0.29) is 5.56 Å². The molecule has 2 aromatic heterocycles. The molecule has 0 spiro atoms. The molecule has 0 N–H and O–H groups in total. The van der Waals surface area contributed by atoms with E-state index in [1.54, 1.807) is 4.40 Å². The molecule has 0 atom stereocenters. The van der Waals surface area contributed by atoms with Crippen LogP contribution in [-0.2, 0) is 9.31 Å². The second-order valence-corrected chi connectivity index (χ2v) is 8.66. The van der Waals surface area contributed by atoms with E-state index in [1.165, 1.54) is 0 Å². The first-order valence-corrected chi connectivity index (χ1v) is 9.68. The molecule has 5 heteroatoms. The summed E-state index contributed by atoms with van der Waals surface area (Å²) in [5.41, 5.74) is 4.76. The minimum Gasteiger partial charge on any atom is -0.399 e. The lowest BCUT2D eigenvalue weighted by Crippen LogP contribution is -2.41. The fourth-order valence-corrected chi connectivity index (χ4v) is 3.69. The molecule has 0 unspecified atom stereocenters. The highest BCUT2D eigenvalue weighted by atomic mass is 16.7. The maximum absolute atomic E-state index is 13.1. The van der Waals surface area contributed by atoms with E-state index in [0.717, 1.165) is 27.7 Å². The van der Waals surface area contributed by atoms with E-state index in [9.17, 15) is 4.79 Å². The minimum absolute atomic E-state index is 0.0216. The Balaban J connectivity index is 1.82. The number of benzene rings is 1. The van der Waals surface area contributed by atoms with Crippen molar-refractivity contribution in [3.05, 3.63) is 70.1 Å². The van der Waals surface area contributed by atoms with Crippen molar-refractivity contribution in [2.45, 2.75) is 52.7 Å². The van der Waals surface area contributed by atoms with Crippen LogP contribution in [0.25, 0.3) is 16.6 Å². The molecule has 144 valence electrons. The summed E-state index contributed by atoms with van der Waals surface area (Å²) in [6, 6.07) is 13.8. The largest absolute Gasteiger partial charge is 0.495 e. The smallest absolute Gasteiger partial charge is 0.399 e. The summed E-state index contributed by atoms with van der Waals surface area (Å²) in [6.45, 7) is 12.2. The molecule has 1 aromatic carbocycles. The first-order chi connectivity index (χ1) is 13.1. The first kappa shape index (κ1) is 19.0. The molecule has 0 saturated carbocycles. The summed E-state index contributed by atoms with van der Waals surface area (Å²) in [7, 11) is -0.448. The standard InChI is InChI=1S/C23H26BNO3/c1-15-12-13-25-17(14-15)10-11-19(21(25)26)18-8-7-9-20(16(18)2)24-27-22(3,4)23(5,6)28-24/h7-14H,1-6H3. The van der Waals surface area contributed by atoms with Gasteiger partial charge in [-0.1, -0.05) is 18.2 Å². The second kappa shape index (κ2) is 6.33. The monoisotopic (exact) mass is 375 g/mol. The number of aromatic nitrogens is 1. The lowest BCUT2D eigenvalue weighted by molar-refractivity contribution is 0.00578. The van der Waals surface area contributed by atoms with E-state index in [2.05, 4.69) is 0 Å². The molecular formula is C23H26BNO3. The Bertz CT molecular complexity index is 1110. The number of nitrogens with zero attached hydrogens (tertiary/aromatic N) is 1. The Kier molecular flexibility index (Phi) is 4.29. The van der Waals surface area contributed by atoms with E-state index in [1.807, 2.05) is 90.2 Å². The van der Waals surface area contributed by atoms with E-state index in [4.69, 9.17) is 9.31 Å². The third kappa shape index (κ3) is 2.90. The summed E-state index contributed by atoms with van der Waals surface area (Å²) in [6.07, 6.45) is 1.84. The van der Waals surface area contributed by atoms with Crippen molar-refractivity contribution in [2.75, 3.05) is 0 Å². The lowest BCUT2D eigenvalue weighted by Gasteiger charge is -2.32. The predicted molar refractivity (Wildman–Crippen MR) is 114 cm³/mol. The number of hydrogen-bond donors (Lipinski definition) is 0. The van der Waals surface area contributed by atoms with Gasteiger partial charge in [0.25, 0.3) is 5.56 Å². The van der Waals surface area contributed by atoms with Crippen LogP contribution in [0.5, 0.6) is 0 Å². The molecule has 0 amide bonds. The van der Waals surface area contributed by atoms with Crippen LogP contribution in [0.4, 0.5) is 0 Å². The molecule has 1 aliphatic heterocycles.